The Kier molecular flexibility index (Phi) is 4.86. The first-order valence-electron chi connectivity index (χ1n) is 7.60. The van der Waals surface area contributed by atoms with Gasteiger partial charge in [-0.1, -0.05) is 41.1 Å². The molecule has 6 heteroatoms. The van der Waals surface area contributed by atoms with Gasteiger partial charge >= 0.3 is 0 Å². The van der Waals surface area contributed by atoms with E-state index < -0.39 is 5.60 Å². The van der Waals surface area contributed by atoms with Crippen molar-refractivity contribution in [2.24, 2.45) is 0 Å². The highest BCUT2D eigenvalue weighted by Gasteiger charge is 2.33. The molecule has 1 aromatic carbocycles. The molecule has 0 radical (unpaired) electrons. The van der Waals surface area contributed by atoms with Crippen LogP contribution < -0.4 is 0 Å². The maximum absolute atomic E-state index is 12.3. The van der Waals surface area contributed by atoms with Crippen LogP contribution in [-0.2, 0) is 0 Å². The first kappa shape index (κ1) is 16.9. The normalized spacial score (nSPS) is 16.4. The Morgan fingerprint density at radius 2 is 1.96 bits per heavy atom. The van der Waals surface area contributed by atoms with E-state index in [9.17, 15) is 9.90 Å². The summed E-state index contributed by atoms with van der Waals surface area (Å²) in [7, 11) is 0. The molecule has 0 spiro atoms. The lowest BCUT2D eigenvalue weighted by Gasteiger charge is -2.34. The second-order valence-electron chi connectivity index (χ2n) is 5.80. The Hall–Kier alpha value is -1.93. The van der Waals surface area contributed by atoms with Crippen LogP contribution in [0.25, 0.3) is 0 Å². The lowest BCUT2D eigenvalue weighted by molar-refractivity contribution is 0.0246. The minimum Gasteiger partial charge on any atom is -0.377 e. The van der Waals surface area contributed by atoms with E-state index in [4.69, 9.17) is 23.2 Å². The van der Waals surface area contributed by atoms with Crippen LogP contribution in [0.2, 0.25) is 10.2 Å². The van der Waals surface area contributed by atoms with Crippen molar-refractivity contribution in [3.8, 4) is 11.8 Å². The Morgan fingerprint density at radius 1 is 1.21 bits per heavy atom. The van der Waals surface area contributed by atoms with Crippen molar-refractivity contribution < 1.29 is 9.90 Å². The lowest BCUT2D eigenvalue weighted by atomic mass is 9.91. The van der Waals surface area contributed by atoms with Crippen molar-refractivity contribution in [3.05, 3.63) is 57.8 Å². The number of likely N-dealkylation sites (tertiary alicyclic amines) is 1. The molecule has 0 aliphatic carbocycles. The van der Waals surface area contributed by atoms with Crippen molar-refractivity contribution in [1.82, 2.24) is 9.88 Å². The maximum Gasteiger partial charge on any atom is 0.270 e. The van der Waals surface area contributed by atoms with Crippen molar-refractivity contribution in [2.45, 2.75) is 18.4 Å². The molecule has 1 aliphatic rings. The minimum atomic E-state index is -1.09. The van der Waals surface area contributed by atoms with Gasteiger partial charge in [0.25, 0.3) is 5.91 Å². The van der Waals surface area contributed by atoms with Crippen LogP contribution in [0, 0.1) is 11.8 Å². The van der Waals surface area contributed by atoms with Crippen LogP contribution in [0.1, 0.15) is 28.9 Å². The number of piperidine rings is 1. The number of H-pyrrole nitrogens is 1. The van der Waals surface area contributed by atoms with Crippen LogP contribution in [0.15, 0.2) is 36.4 Å². The summed E-state index contributed by atoms with van der Waals surface area (Å²) >= 11 is 11.7. The molecule has 1 aliphatic heterocycles. The second-order valence-corrected chi connectivity index (χ2v) is 6.65. The van der Waals surface area contributed by atoms with Crippen molar-refractivity contribution in [1.29, 1.82) is 0 Å². The Bertz CT molecular complexity index is 812. The number of amides is 1. The number of carbonyl (C=O) groups is 1. The summed E-state index contributed by atoms with van der Waals surface area (Å²) < 4.78 is 0. The SMILES string of the molecule is O=C(c1ccc(Cl)[nH]1)N1CCC(O)(C#Cc2cccc(Cl)c2)CC1. The van der Waals surface area contributed by atoms with Gasteiger partial charge in [-0.05, 0) is 30.3 Å². The average Bonchev–Trinajstić information content (AvgIpc) is 3.00. The molecule has 1 saturated heterocycles. The van der Waals surface area contributed by atoms with Crippen molar-refractivity contribution in [3.63, 3.8) is 0 Å². The van der Waals surface area contributed by atoms with Crippen LogP contribution >= 0.6 is 23.2 Å². The topological polar surface area (TPSA) is 56.3 Å². The predicted molar refractivity (Wildman–Crippen MR) is 94.2 cm³/mol. The monoisotopic (exact) mass is 362 g/mol. The van der Waals surface area contributed by atoms with Gasteiger partial charge in [0.2, 0.25) is 0 Å². The maximum atomic E-state index is 12.3. The third-order valence-corrected chi connectivity index (χ3v) is 4.48. The zero-order valence-electron chi connectivity index (χ0n) is 12.9. The largest absolute Gasteiger partial charge is 0.377 e. The number of nitrogens with one attached hydrogen (secondary N) is 1. The van der Waals surface area contributed by atoms with E-state index in [1.807, 2.05) is 12.1 Å². The van der Waals surface area contributed by atoms with E-state index in [0.29, 0.717) is 41.8 Å². The molecule has 2 aromatic rings. The molecule has 1 amide bonds. The molecule has 0 atom stereocenters. The fourth-order valence-corrected chi connectivity index (χ4v) is 2.98. The average molecular weight is 363 g/mol. The molecule has 24 heavy (non-hydrogen) atoms. The van der Waals surface area contributed by atoms with Crippen molar-refractivity contribution in [2.75, 3.05) is 13.1 Å². The second kappa shape index (κ2) is 6.90. The molecule has 4 nitrogen and oxygen atoms in total. The fourth-order valence-electron chi connectivity index (χ4n) is 2.62. The zero-order valence-corrected chi connectivity index (χ0v) is 14.4. The number of aliphatic hydroxyl groups is 1. The van der Waals surface area contributed by atoms with Crippen LogP contribution in [0.3, 0.4) is 0 Å². The number of rotatable bonds is 1. The van der Waals surface area contributed by atoms with E-state index >= 15 is 0 Å². The molecule has 1 fully saturated rings. The lowest BCUT2D eigenvalue weighted by Crippen LogP contribution is -2.46. The van der Waals surface area contributed by atoms with E-state index in [0.717, 1.165) is 5.56 Å². The quantitative estimate of drug-likeness (QED) is 0.764. The Balaban J connectivity index is 1.65. The predicted octanol–water partition coefficient (Wildman–Crippen LogP) is 3.34. The van der Waals surface area contributed by atoms with Gasteiger partial charge in [-0.2, -0.15) is 0 Å². The number of halogens is 2. The van der Waals surface area contributed by atoms with Crippen LogP contribution in [0.5, 0.6) is 0 Å². The van der Waals surface area contributed by atoms with Gasteiger partial charge in [-0.25, -0.2) is 0 Å². The molecule has 0 bridgehead atoms. The molecule has 1 aromatic heterocycles. The Labute approximate surface area is 150 Å². The number of carbonyl (C=O) groups excluding carboxylic acids is 1. The first-order valence-corrected chi connectivity index (χ1v) is 8.36. The van der Waals surface area contributed by atoms with Gasteiger partial charge in [0.1, 0.15) is 16.4 Å². The molecule has 2 heterocycles. The van der Waals surface area contributed by atoms with Gasteiger partial charge < -0.3 is 15.0 Å². The smallest absolute Gasteiger partial charge is 0.270 e. The number of nitrogens with zero attached hydrogens (tertiary/aromatic N) is 1. The molecular formula is C18H16Cl2N2O2. The molecule has 0 unspecified atom stereocenters. The summed E-state index contributed by atoms with van der Waals surface area (Å²) in [6.07, 6.45) is 0.807. The van der Waals surface area contributed by atoms with E-state index in [2.05, 4.69) is 16.8 Å². The highest BCUT2D eigenvalue weighted by atomic mass is 35.5. The Morgan fingerprint density at radius 3 is 2.58 bits per heavy atom. The highest BCUT2D eigenvalue weighted by molar-refractivity contribution is 6.30. The summed E-state index contributed by atoms with van der Waals surface area (Å²) in [6, 6.07) is 10.5. The summed E-state index contributed by atoms with van der Waals surface area (Å²) in [6.45, 7) is 0.881. The van der Waals surface area contributed by atoms with E-state index in [-0.39, 0.29) is 5.91 Å². The number of aromatic nitrogens is 1. The van der Waals surface area contributed by atoms with Gasteiger partial charge in [-0.15, -0.1) is 0 Å². The standard InChI is InChI=1S/C18H16Cl2N2O2/c19-14-3-1-2-13(12-14)6-7-18(24)8-10-22(11-9-18)17(23)15-4-5-16(20)21-15/h1-5,12,21,24H,8-11H2. The number of hydrogen-bond donors (Lipinski definition) is 2. The number of benzene rings is 1. The summed E-state index contributed by atoms with van der Waals surface area (Å²) in [5.41, 5.74) is 0.123. The number of aromatic amines is 1. The first-order chi connectivity index (χ1) is 11.5. The van der Waals surface area contributed by atoms with Gasteiger partial charge in [0.15, 0.2) is 0 Å². The van der Waals surface area contributed by atoms with Crippen molar-refractivity contribution >= 4 is 29.1 Å². The fraction of sp³-hybridized carbons (Fsp3) is 0.278. The third kappa shape index (κ3) is 3.93. The van der Waals surface area contributed by atoms with Gasteiger partial charge in [-0.3, -0.25) is 4.79 Å². The van der Waals surface area contributed by atoms with E-state index in [1.54, 1.807) is 29.2 Å². The molecular weight excluding hydrogens is 347 g/mol. The summed E-state index contributed by atoms with van der Waals surface area (Å²) in [4.78, 5) is 16.9. The van der Waals surface area contributed by atoms with Gasteiger partial charge in [0.05, 0.1) is 0 Å². The van der Waals surface area contributed by atoms with E-state index in [1.165, 1.54) is 0 Å². The van der Waals surface area contributed by atoms with Crippen LogP contribution in [-0.4, -0.2) is 39.6 Å². The highest BCUT2D eigenvalue weighted by Crippen LogP contribution is 2.23. The molecule has 3 rings (SSSR count). The molecule has 0 saturated carbocycles. The number of hydrogen-bond acceptors (Lipinski definition) is 2. The molecule has 124 valence electrons. The van der Waals surface area contributed by atoms with Crippen LogP contribution in [0.4, 0.5) is 0 Å². The minimum absolute atomic E-state index is 0.119. The third-order valence-electron chi connectivity index (χ3n) is 4.02. The summed E-state index contributed by atoms with van der Waals surface area (Å²) in [5, 5.41) is 11.6. The summed E-state index contributed by atoms with van der Waals surface area (Å²) in [5.74, 6) is 5.77. The zero-order chi connectivity index (χ0) is 17.2. The molecule has 2 N–H and O–H groups in total. The van der Waals surface area contributed by atoms with Gasteiger partial charge in [0, 0.05) is 36.5 Å².